The van der Waals surface area contributed by atoms with Gasteiger partial charge >= 0.3 is 0 Å². The highest BCUT2D eigenvalue weighted by atomic mass is 32.2. The minimum atomic E-state index is -3.49. The molecular weight excluding hydrogens is 296 g/mol. The third kappa shape index (κ3) is 3.96. The Morgan fingerprint density at radius 1 is 1.50 bits per heavy atom. The SMILES string of the molecule is CSC(=Nc1cccc(S(=O)(=O)NC2CC2)c1)NC#N. The van der Waals surface area contributed by atoms with Gasteiger partial charge in [-0.2, -0.15) is 5.26 Å². The van der Waals surface area contributed by atoms with Crippen LogP contribution in [0.4, 0.5) is 5.69 Å². The molecule has 0 aromatic heterocycles. The van der Waals surface area contributed by atoms with Crippen LogP contribution in [0, 0.1) is 11.5 Å². The fourth-order valence-electron chi connectivity index (χ4n) is 1.50. The fraction of sp³-hybridized carbons (Fsp3) is 0.333. The molecule has 0 aliphatic heterocycles. The Hall–Kier alpha value is -1.56. The number of hydrogen-bond acceptors (Lipinski definition) is 5. The van der Waals surface area contributed by atoms with Crippen LogP contribution in [0.5, 0.6) is 0 Å². The van der Waals surface area contributed by atoms with E-state index < -0.39 is 10.0 Å². The second-order valence-corrected chi connectivity index (χ2v) is 6.76. The average Bonchev–Trinajstić information content (AvgIpc) is 3.22. The van der Waals surface area contributed by atoms with E-state index in [0.29, 0.717) is 10.9 Å². The summed E-state index contributed by atoms with van der Waals surface area (Å²) < 4.78 is 26.8. The van der Waals surface area contributed by atoms with Crippen LogP contribution in [-0.4, -0.2) is 25.9 Å². The molecule has 20 heavy (non-hydrogen) atoms. The standard InChI is InChI=1S/C12H14N4O2S2/c1-19-12(14-8-13)15-10-3-2-4-11(7-10)20(17,18)16-9-5-6-9/h2-4,7,9,16H,5-6H2,1H3,(H,14,15). The topological polar surface area (TPSA) is 94.3 Å². The van der Waals surface area contributed by atoms with E-state index in [2.05, 4.69) is 15.0 Å². The molecule has 106 valence electrons. The second-order valence-electron chi connectivity index (χ2n) is 4.25. The first kappa shape index (κ1) is 14.8. The first-order chi connectivity index (χ1) is 9.55. The van der Waals surface area contributed by atoms with Gasteiger partial charge in [-0.05, 0) is 37.3 Å². The summed E-state index contributed by atoms with van der Waals surface area (Å²) in [6, 6.07) is 6.39. The van der Waals surface area contributed by atoms with E-state index in [4.69, 9.17) is 5.26 Å². The number of rotatable bonds is 4. The molecule has 0 radical (unpaired) electrons. The molecule has 0 atom stereocenters. The van der Waals surface area contributed by atoms with Crippen molar-refractivity contribution in [3.63, 3.8) is 0 Å². The van der Waals surface area contributed by atoms with Crippen LogP contribution in [0.1, 0.15) is 12.8 Å². The van der Waals surface area contributed by atoms with E-state index in [0.717, 1.165) is 12.8 Å². The molecule has 1 aromatic carbocycles. The van der Waals surface area contributed by atoms with Crippen LogP contribution in [0.3, 0.4) is 0 Å². The molecule has 0 bridgehead atoms. The van der Waals surface area contributed by atoms with Crippen molar-refractivity contribution in [2.45, 2.75) is 23.8 Å². The van der Waals surface area contributed by atoms with Crippen LogP contribution in [0.25, 0.3) is 0 Å². The summed E-state index contributed by atoms with van der Waals surface area (Å²) in [5, 5.41) is 11.4. The number of nitrogens with zero attached hydrogens (tertiary/aromatic N) is 2. The lowest BCUT2D eigenvalue weighted by Gasteiger charge is -2.06. The van der Waals surface area contributed by atoms with Gasteiger partial charge in [-0.15, -0.1) is 0 Å². The van der Waals surface area contributed by atoms with Crippen molar-refractivity contribution in [2.24, 2.45) is 4.99 Å². The molecule has 8 heteroatoms. The van der Waals surface area contributed by atoms with Crippen molar-refractivity contribution in [3.8, 4) is 6.19 Å². The van der Waals surface area contributed by atoms with Crippen LogP contribution in [0.15, 0.2) is 34.2 Å². The van der Waals surface area contributed by atoms with Gasteiger partial charge in [-0.3, -0.25) is 5.32 Å². The summed E-state index contributed by atoms with van der Waals surface area (Å²) in [4.78, 5) is 4.37. The van der Waals surface area contributed by atoms with Crippen LogP contribution >= 0.6 is 11.8 Å². The fourth-order valence-corrected chi connectivity index (χ4v) is 3.19. The number of nitriles is 1. The normalized spacial score (nSPS) is 15.7. The smallest absolute Gasteiger partial charge is 0.240 e. The zero-order valence-electron chi connectivity index (χ0n) is 10.8. The monoisotopic (exact) mass is 310 g/mol. The molecule has 1 fully saturated rings. The summed E-state index contributed by atoms with van der Waals surface area (Å²) in [6.07, 6.45) is 5.34. The van der Waals surface area contributed by atoms with Crippen molar-refractivity contribution in [1.29, 1.82) is 5.26 Å². The van der Waals surface area contributed by atoms with Crippen LogP contribution in [-0.2, 0) is 10.0 Å². The van der Waals surface area contributed by atoms with Crippen molar-refractivity contribution in [1.82, 2.24) is 10.0 Å². The first-order valence-electron chi connectivity index (χ1n) is 5.95. The van der Waals surface area contributed by atoms with E-state index >= 15 is 0 Å². The van der Waals surface area contributed by atoms with Crippen LogP contribution < -0.4 is 10.0 Å². The van der Waals surface area contributed by atoms with Crippen molar-refractivity contribution in [3.05, 3.63) is 24.3 Å². The number of benzene rings is 1. The Kier molecular flexibility index (Phi) is 4.65. The minimum absolute atomic E-state index is 0.0640. The number of hydrogen-bond donors (Lipinski definition) is 2. The molecule has 0 saturated heterocycles. The van der Waals surface area contributed by atoms with Gasteiger partial charge in [-0.1, -0.05) is 17.8 Å². The molecule has 0 unspecified atom stereocenters. The Morgan fingerprint density at radius 3 is 2.85 bits per heavy atom. The van der Waals surface area contributed by atoms with Crippen LogP contribution in [0.2, 0.25) is 0 Å². The predicted octanol–water partition coefficient (Wildman–Crippen LogP) is 1.55. The third-order valence-electron chi connectivity index (χ3n) is 2.61. The van der Waals surface area contributed by atoms with Gasteiger partial charge in [0.15, 0.2) is 11.4 Å². The maximum atomic E-state index is 12.1. The minimum Gasteiger partial charge on any atom is -0.271 e. The molecule has 1 aromatic rings. The van der Waals surface area contributed by atoms with Crippen molar-refractivity contribution < 1.29 is 8.42 Å². The molecule has 0 spiro atoms. The number of sulfonamides is 1. The predicted molar refractivity (Wildman–Crippen MR) is 79.1 cm³/mol. The zero-order chi connectivity index (χ0) is 14.6. The molecule has 1 aliphatic carbocycles. The Morgan fingerprint density at radius 2 is 2.25 bits per heavy atom. The van der Waals surface area contributed by atoms with Gasteiger partial charge in [0.2, 0.25) is 10.0 Å². The Bertz CT molecular complexity index is 660. The quantitative estimate of drug-likeness (QED) is 0.381. The van der Waals surface area contributed by atoms with Crippen molar-refractivity contribution >= 4 is 32.6 Å². The highest BCUT2D eigenvalue weighted by Crippen LogP contribution is 2.24. The lowest BCUT2D eigenvalue weighted by atomic mass is 10.3. The Balaban J connectivity index is 2.25. The number of nitrogens with one attached hydrogen (secondary N) is 2. The summed E-state index contributed by atoms with van der Waals surface area (Å²) in [6.45, 7) is 0. The van der Waals surface area contributed by atoms with E-state index in [1.54, 1.807) is 24.6 Å². The third-order valence-corrected chi connectivity index (χ3v) is 4.71. The summed E-state index contributed by atoms with van der Waals surface area (Å²) >= 11 is 1.27. The number of thioether (sulfide) groups is 1. The molecule has 2 rings (SSSR count). The highest BCUT2D eigenvalue weighted by molar-refractivity contribution is 8.13. The number of amidine groups is 1. The molecule has 1 saturated carbocycles. The van der Waals surface area contributed by atoms with E-state index in [1.807, 2.05) is 0 Å². The largest absolute Gasteiger partial charge is 0.271 e. The van der Waals surface area contributed by atoms with E-state index in [1.165, 1.54) is 23.9 Å². The molecular formula is C12H14N4O2S2. The summed E-state index contributed by atoms with van der Waals surface area (Å²) in [5.41, 5.74) is 0.482. The van der Waals surface area contributed by atoms with E-state index in [-0.39, 0.29) is 10.9 Å². The zero-order valence-corrected chi connectivity index (χ0v) is 12.5. The molecule has 2 N–H and O–H groups in total. The Labute approximate surface area is 122 Å². The summed E-state index contributed by atoms with van der Waals surface area (Å²) in [5.74, 6) is 0. The lowest BCUT2D eigenvalue weighted by Crippen LogP contribution is -2.25. The van der Waals surface area contributed by atoms with Gasteiger partial charge in [0.1, 0.15) is 0 Å². The highest BCUT2D eigenvalue weighted by Gasteiger charge is 2.27. The van der Waals surface area contributed by atoms with Gasteiger partial charge in [-0.25, -0.2) is 18.1 Å². The second kappa shape index (κ2) is 6.26. The maximum Gasteiger partial charge on any atom is 0.240 e. The molecule has 0 heterocycles. The first-order valence-corrected chi connectivity index (χ1v) is 8.66. The molecule has 6 nitrogen and oxygen atoms in total. The van der Waals surface area contributed by atoms with Gasteiger partial charge in [0.25, 0.3) is 0 Å². The summed E-state index contributed by atoms with van der Waals surface area (Å²) in [7, 11) is -3.49. The lowest BCUT2D eigenvalue weighted by molar-refractivity contribution is 0.581. The maximum absolute atomic E-state index is 12.1. The van der Waals surface area contributed by atoms with E-state index in [9.17, 15) is 8.42 Å². The van der Waals surface area contributed by atoms with Gasteiger partial charge < -0.3 is 0 Å². The number of aliphatic imine (C=N–C) groups is 1. The van der Waals surface area contributed by atoms with Gasteiger partial charge in [0, 0.05) is 6.04 Å². The molecule has 0 amide bonds. The van der Waals surface area contributed by atoms with Gasteiger partial charge in [0.05, 0.1) is 10.6 Å². The molecule has 1 aliphatic rings. The average molecular weight is 310 g/mol. The van der Waals surface area contributed by atoms with Crippen molar-refractivity contribution in [2.75, 3.05) is 6.26 Å².